The minimum Gasteiger partial charge on any atom is -0.390 e. The van der Waals surface area contributed by atoms with Gasteiger partial charge in [0.25, 0.3) is 10.1 Å². The maximum atomic E-state index is 11.5. The predicted molar refractivity (Wildman–Crippen MR) is 42.2 cm³/mol. The Labute approximate surface area is 76.0 Å². The van der Waals surface area contributed by atoms with Crippen molar-refractivity contribution < 1.29 is 17.7 Å². The summed E-state index contributed by atoms with van der Waals surface area (Å²) in [6, 6.07) is 0. The molecule has 0 aromatic carbocycles. The van der Waals surface area contributed by atoms with Crippen LogP contribution in [0.4, 0.5) is 0 Å². The third-order valence-electron chi connectivity index (χ3n) is 4.65. The Kier molecular flexibility index (Phi) is 0.871. The summed E-state index contributed by atoms with van der Waals surface area (Å²) >= 11 is 0. The zero-order valence-electron chi connectivity index (χ0n) is 6.88. The summed E-state index contributed by atoms with van der Waals surface area (Å²) in [5.74, 6) is 0.690. The van der Waals surface area contributed by atoms with Crippen molar-refractivity contribution in [3.8, 4) is 0 Å². The van der Waals surface area contributed by atoms with E-state index >= 15 is 0 Å². The number of aliphatic hydroxyl groups excluding tert-OH is 1. The van der Waals surface area contributed by atoms with Crippen molar-refractivity contribution >= 4 is 10.1 Å². The van der Waals surface area contributed by atoms with Crippen LogP contribution in [0.1, 0.15) is 12.8 Å². The summed E-state index contributed by atoms with van der Waals surface area (Å²) in [6.07, 6.45) is 0.774. The minimum absolute atomic E-state index is 0.150. The van der Waals surface area contributed by atoms with Gasteiger partial charge in [0.1, 0.15) is 6.10 Å². The van der Waals surface area contributed by atoms with E-state index in [4.69, 9.17) is 4.18 Å². The fourth-order valence-corrected chi connectivity index (χ4v) is 6.41. The highest BCUT2D eigenvalue weighted by molar-refractivity contribution is 7.87. The predicted octanol–water partition coefficient (Wildman–Crippen LogP) is -0.516. The van der Waals surface area contributed by atoms with Gasteiger partial charge in [-0.15, -0.1) is 0 Å². The molecule has 4 nitrogen and oxygen atoms in total. The zero-order valence-corrected chi connectivity index (χ0v) is 7.70. The van der Waals surface area contributed by atoms with Crippen molar-refractivity contribution in [1.82, 2.24) is 0 Å². The van der Waals surface area contributed by atoms with Crippen molar-refractivity contribution in [3.63, 3.8) is 0 Å². The van der Waals surface area contributed by atoms with Crippen molar-refractivity contribution in [1.29, 1.82) is 0 Å². The lowest BCUT2D eigenvalue weighted by atomic mass is 9.45. The molecule has 1 heterocycles. The molecular formula is C8H10O4S. The van der Waals surface area contributed by atoms with Crippen molar-refractivity contribution in [2.24, 2.45) is 17.3 Å². The van der Waals surface area contributed by atoms with Gasteiger partial charge < -0.3 is 5.11 Å². The van der Waals surface area contributed by atoms with Crippen LogP contribution in [0, 0.1) is 17.3 Å². The second-order valence-corrected chi connectivity index (χ2v) is 6.57. The van der Waals surface area contributed by atoms with Crippen LogP contribution >= 0.6 is 0 Å². The lowest BCUT2D eigenvalue weighted by molar-refractivity contribution is -0.240. The van der Waals surface area contributed by atoms with Gasteiger partial charge in [0.05, 0.1) is 11.4 Å². The van der Waals surface area contributed by atoms with Gasteiger partial charge in [-0.05, 0) is 24.7 Å². The largest absolute Gasteiger partial charge is 0.390 e. The van der Waals surface area contributed by atoms with Crippen LogP contribution in [0.5, 0.6) is 0 Å². The van der Waals surface area contributed by atoms with Gasteiger partial charge in [-0.1, -0.05) is 0 Å². The standard InChI is InChI=1S/C8H10O4S/c9-6-5-3-1-4-8(5,2-3)7(6)12-13(4,10)11/h3-7,9H,1-2H2. The van der Waals surface area contributed by atoms with E-state index in [-0.39, 0.29) is 16.6 Å². The molecule has 1 spiro atoms. The average Bonchev–Trinajstić information content (AvgIpc) is 2.55. The van der Waals surface area contributed by atoms with E-state index in [1.165, 1.54) is 0 Å². The van der Waals surface area contributed by atoms with E-state index in [1.807, 2.05) is 0 Å². The van der Waals surface area contributed by atoms with Crippen molar-refractivity contribution in [2.75, 3.05) is 0 Å². The maximum absolute atomic E-state index is 11.5. The van der Waals surface area contributed by atoms with Gasteiger partial charge in [0, 0.05) is 5.41 Å². The van der Waals surface area contributed by atoms with Crippen LogP contribution in [0.3, 0.4) is 0 Å². The number of hydrogen-bond acceptors (Lipinski definition) is 4. The molecule has 1 aliphatic heterocycles. The summed E-state index contributed by atoms with van der Waals surface area (Å²) in [5.41, 5.74) is -0.150. The highest BCUT2D eigenvalue weighted by Gasteiger charge is 2.85. The van der Waals surface area contributed by atoms with Crippen molar-refractivity contribution in [3.05, 3.63) is 0 Å². The normalized spacial score (nSPS) is 69.8. The smallest absolute Gasteiger partial charge is 0.271 e. The summed E-state index contributed by atoms with van der Waals surface area (Å²) < 4.78 is 28.0. The van der Waals surface area contributed by atoms with Crippen molar-refractivity contribution in [2.45, 2.75) is 30.3 Å². The quantitative estimate of drug-likeness (QED) is 0.537. The van der Waals surface area contributed by atoms with Gasteiger partial charge in [-0.2, -0.15) is 8.42 Å². The molecule has 4 aliphatic carbocycles. The van der Waals surface area contributed by atoms with Gasteiger partial charge in [0.15, 0.2) is 0 Å². The third kappa shape index (κ3) is 0.465. The molecule has 6 unspecified atom stereocenters. The molecule has 72 valence electrons. The Morgan fingerprint density at radius 2 is 2.23 bits per heavy atom. The molecule has 13 heavy (non-hydrogen) atoms. The second kappa shape index (κ2) is 1.57. The lowest BCUT2D eigenvalue weighted by Crippen LogP contribution is -2.70. The Morgan fingerprint density at radius 3 is 3.00 bits per heavy atom. The molecule has 5 fully saturated rings. The molecule has 0 aromatic heterocycles. The summed E-state index contributed by atoms with van der Waals surface area (Å²) in [5, 5.41) is 9.35. The molecule has 0 aromatic rings. The van der Waals surface area contributed by atoms with Crippen LogP contribution in [-0.4, -0.2) is 31.0 Å². The van der Waals surface area contributed by atoms with E-state index < -0.39 is 22.3 Å². The molecule has 6 atom stereocenters. The summed E-state index contributed by atoms with van der Waals surface area (Å²) in [4.78, 5) is 0. The Balaban J connectivity index is 1.96. The molecule has 0 amide bonds. The minimum atomic E-state index is -3.34. The number of hydrogen-bond donors (Lipinski definition) is 1. The molecule has 1 saturated heterocycles. The fourth-order valence-electron chi connectivity index (χ4n) is 4.28. The van der Waals surface area contributed by atoms with Crippen LogP contribution in [0.25, 0.3) is 0 Å². The summed E-state index contributed by atoms with van der Waals surface area (Å²) in [7, 11) is -3.34. The first-order chi connectivity index (χ1) is 6.07. The first-order valence-electron chi connectivity index (χ1n) is 4.67. The molecular weight excluding hydrogens is 192 g/mol. The SMILES string of the molecule is O=S1(=O)OC2C(O)C3C4CC1C23C4. The molecule has 2 bridgehead atoms. The summed E-state index contributed by atoms with van der Waals surface area (Å²) in [6.45, 7) is 0. The topological polar surface area (TPSA) is 63.6 Å². The molecule has 5 aliphatic rings. The average molecular weight is 202 g/mol. The van der Waals surface area contributed by atoms with E-state index in [2.05, 4.69) is 0 Å². The van der Waals surface area contributed by atoms with Crippen LogP contribution in [0.2, 0.25) is 0 Å². The van der Waals surface area contributed by atoms with Gasteiger partial charge in [-0.25, -0.2) is 0 Å². The zero-order chi connectivity index (χ0) is 9.01. The van der Waals surface area contributed by atoms with E-state index in [1.54, 1.807) is 0 Å². The lowest BCUT2D eigenvalue weighted by Gasteiger charge is -2.61. The van der Waals surface area contributed by atoms with Gasteiger partial charge in [0.2, 0.25) is 0 Å². The monoisotopic (exact) mass is 202 g/mol. The van der Waals surface area contributed by atoms with E-state index in [0.717, 1.165) is 12.8 Å². The number of aliphatic hydroxyl groups is 1. The van der Waals surface area contributed by atoms with Crippen LogP contribution < -0.4 is 0 Å². The fraction of sp³-hybridized carbons (Fsp3) is 1.00. The van der Waals surface area contributed by atoms with E-state index in [9.17, 15) is 13.5 Å². The second-order valence-electron chi connectivity index (χ2n) is 4.83. The van der Waals surface area contributed by atoms with E-state index in [0.29, 0.717) is 5.92 Å². The van der Waals surface area contributed by atoms with Crippen LogP contribution in [0.15, 0.2) is 0 Å². The molecule has 5 rings (SSSR count). The van der Waals surface area contributed by atoms with Gasteiger partial charge >= 0.3 is 0 Å². The first-order valence-corrected chi connectivity index (χ1v) is 6.15. The highest BCUT2D eigenvalue weighted by atomic mass is 32.2. The molecule has 5 heteroatoms. The first kappa shape index (κ1) is 7.20. The highest BCUT2D eigenvalue weighted by Crippen LogP contribution is 2.78. The molecule has 0 radical (unpaired) electrons. The maximum Gasteiger partial charge on any atom is 0.271 e. The Morgan fingerprint density at radius 1 is 1.46 bits per heavy atom. The number of rotatable bonds is 0. The van der Waals surface area contributed by atoms with Gasteiger partial charge in [-0.3, -0.25) is 4.18 Å². The molecule has 4 saturated carbocycles. The third-order valence-corrected chi connectivity index (χ3v) is 6.46. The Hall–Kier alpha value is -0.130. The molecule has 1 N–H and O–H groups in total. The Bertz CT molecular complexity index is 402. The van der Waals surface area contributed by atoms with Crippen LogP contribution in [-0.2, 0) is 14.3 Å².